The highest BCUT2D eigenvalue weighted by Crippen LogP contribution is 2.56. The van der Waals surface area contributed by atoms with Gasteiger partial charge in [-0.3, -0.25) is 4.99 Å². The molecule has 2 aliphatic carbocycles. The molecule has 2 rings (SSSR count). The first-order valence-electron chi connectivity index (χ1n) is 5.70. The lowest BCUT2D eigenvalue weighted by molar-refractivity contribution is 0.886. The standard InChI is InChI=1S/C13H18ClN/c1-4-5-11(15-3)13-9-6-7-10(14)8(2)12(9)13/h6-7,9,12-13H,4-5H2,1-3H3/t9-,12?,13?/m0/s1. The van der Waals surface area contributed by atoms with Crippen molar-refractivity contribution in [1.82, 2.24) is 0 Å². The normalized spacial score (nSPS) is 34.4. The molecule has 0 heterocycles. The highest BCUT2D eigenvalue weighted by Gasteiger charge is 2.53. The molecule has 0 aromatic carbocycles. The van der Waals surface area contributed by atoms with Crippen molar-refractivity contribution in [2.24, 2.45) is 22.7 Å². The molecule has 1 nitrogen and oxygen atoms in total. The van der Waals surface area contributed by atoms with Crippen molar-refractivity contribution in [3.8, 4) is 0 Å². The summed E-state index contributed by atoms with van der Waals surface area (Å²) in [5.74, 6) is 1.97. The predicted octanol–water partition coefficient (Wildman–Crippen LogP) is 3.80. The largest absolute Gasteiger partial charge is 0.297 e. The molecule has 1 fully saturated rings. The molecule has 0 aliphatic heterocycles. The summed E-state index contributed by atoms with van der Waals surface area (Å²) in [6, 6.07) is 0. The maximum absolute atomic E-state index is 6.13. The molecule has 0 spiro atoms. The van der Waals surface area contributed by atoms with Crippen molar-refractivity contribution in [1.29, 1.82) is 0 Å². The predicted molar refractivity (Wildman–Crippen MR) is 66.4 cm³/mol. The lowest BCUT2D eigenvalue weighted by atomic mass is 10.0. The fourth-order valence-electron chi connectivity index (χ4n) is 2.73. The lowest BCUT2D eigenvalue weighted by Gasteiger charge is -2.05. The van der Waals surface area contributed by atoms with Crippen LogP contribution in [0.4, 0.5) is 0 Å². The molecular formula is C13H18ClN. The number of rotatable bonds is 3. The molecule has 2 unspecified atom stereocenters. The van der Waals surface area contributed by atoms with E-state index in [2.05, 4.69) is 31.0 Å². The molecule has 0 saturated heterocycles. The van der Waals surface area contributed by atoms with Gasteiger partial charge in [-0.15, -0.1) is 0 Å². The molecule has 0 radical (unpaired) electrons. The van der Waals surface area contributed by atoms with Gasteiger partial charge in [0, 0.05) is 23.7 Å². The maximum Gasteiger partial charge on any atom is 0.0395 e. The molecule has 0 N–H and O–H groups in total. The summed E-state index contributed by atoms with van der Waals surface area (Å²) < 4.78 is 0. The van der Waals surface area contributed by atoms with Gasteiger partial charge >= 0.3 is 0 Å². The molecule has 1 saturated carbocycles. The van der Waals surface area contributed by atoms with E-state index in [4.69, 9.17) is 11.6 Å². The average Bonchev–Trinajstić information content (AvgIpc) is 2.95. The molecule has 15 heavy (non-hydrogen) atoms. The molecule has 3 atom stereocenters. The van der Waals surface area contributed by atoms with E-state index in [0.717, 1.165) is 11.5 Å². The molecule has 82 valence electrons. The van der Waals surface area contributed by atoms with Crippen LogP contribution in [0.2, 0.25) is 0 Å². The number of nitrogens with zero attached hydrogens (tertiary/aromatic N) is 1. The van der Waals surface area contributed by atoms with Gasteiger partial charge in [0.25, 0.3) is 0 Å². The maximum atomic E-state index is 6.13. The highest BCUT2D eigenvalue weighted by atomic mass is 35.5. The third-order valence-electron chi connectivity index (χ3n) is 3.59. The van der Waals surface area contributed by atoms with Crippen LogP contribution in [0, 0.1) is 17.8 Å². The Labute approximate surface area is 96.9 Å². The SMILES string of the molecule is CCCC(=NC)C1C2C(C)=C(Cl)C=C[C@H]12. The number of halogens is 1. The number of fused-ring (bicyclic) bond motifs is 1. The summed E-state index contributed by atoms with van der Waals surface area (Å²) in [6.07, 6.45) is 6.62. The minimum atomic E-state index is 0.641. The van der Waals surface area contributed by atoms with E-state index in [-0.39, 0.29) is 0 Å². The van der Waals surface area contributed by atoms with Gasteiger partial charge in [0.05, 0.1) is 0 Å². The van der Waals surface area contributed by atoms with Crippen LogP contribution in [0.15, 0.2) is 27.7 Å². The van der Waals surface area contributed by atoms with E-state index < -0.39 is 0 Å². The van der Waals surface area contributed by atoms with E-state index in [9.17, 15) is 0 Å². The fraction of sp³-hybridized carbons (Fsp3) is 0.615. The number of hydrogen-bond acceptors (Lipinski definition) is 1. The molecule has 0 aromatic rings. The van der Waals surface area contributed by atoms with Gasteiger partial charge < -0.3 is 0 Å². The Morgan fingerprint density at radius 3 is 2.87 bits per heavy atom. The Hall–Kier alpha value is -0.560. The molecular weight excluding hydrogens is 206 g/mol. The van der Waals surface area contributed by atoms with Crippen LogP contribution >= 0.6 is 11.6 Å². The van der Waals surface area contributed by atoms with Crippen LogP contribution in [0.1, 0.15) is 26.7 Å². The zero-order valence-electron chi connectivity index (χ0n) is 9.63. The van der Waals surface area contributed by atoms with Crippen LogP contribution < -0.4 is 0 Å². The van der Waals surface area contributed by atoms with Crippen molar-refractivity contribution in [2.45, 2.75) is 26.7 Å². The number of allylic oxidation sites excluding steroid dienone is 4. The molecule has 0 bridgehead atoms. The van der Waals surface area contributed by atoms with Gasteiger partial charge in [-0.2, -0.15) is 0 Å². The lowest BCUT2D eigenvalue weighted by Crippen LogP contribution is -2.03. The second kappa shape index (κ2) is 4.13. The van der Waals surface area contributed by atoms with Gasteiger partial charge in [0.15, 0.2) is 0 Å². The minimum absolute atomic E-state index is 0.641. The molecule has 2 aliphatic rings. The van der Waals surface area contributed by atoms with Crippen molar-refractivity contribution >= 4 is 17.3 Å². The first-order chi connectivity index (χ1) is 7.20. The van der Waals surface area contributed by atoms with E-state index in [1.165, 1.54) is 17.7 Å². The van der Waals surface area contributed by atoms with E-state index >= 15 is 0 Å². The third-order valence-corrected chi connectivity index (χ3v) is 4.02. The van der Waals surface area contributed by atoms with Crippen LogP contribution in [0.5, 0.6) is 0 Å². The summed E-state index contributed by atoms with van der Waals surface area (Å²) in [5.41, 5.74) is 2.73. The van der Waals surface area contributed by atoms with E-state index in [1.54, 1.807) is 0 Å². The van der Waals surface area contributed by atoms with Crippen molar-refractivity contribution in [3.05, 3.63) is 22.8 Å². The van der Waals surface area contributed by atoms with Crippen molar-refractivity contribution in [2.75, 3.05) is 7.05 Å². The first kappa shape index (κ1) is 10.9. The molecule has 2 heteroatoms. The van der Waals surface area contributed by atoms with E-state index in [0.29, 0.717) is 17.8 Å². The summed E-state index contributed by atoms with van der Waals surface area (Å²) in [7, 11) is 1.92. The summed E-state index contributed by atoms with van der Waals surface area (Å²) >= 11 is 6.13. The average molecular weight is 224 g/mol. The minimum Gasteiger partial charge on any atom is -0.297 e. The van der Waals surface area contributed by atoms with Gasteiger partial charge in [-0.1, -0.05) is 36.6 Å². The van der Waals surface area contributed by atoms with Crippen LogP contribution in [0.3, 0.4) is 0 Å². The third kappa shape index (κ3) is 1.78. The highest BCUT2D eigenvalue weighted by molar-refractivity contribution is 6.31. The number of hydrogen-bond donors (Lipinski definition) is 0. The van der Waals surface area contributed by atoms with Gasteiger partial charge in [0.2, 0.25) is 0 Å². The number of aliphatic imine (C=N–C) groups is 1. The first-order valence-corrected chi connectivity index (χ1v) is 6.08. The van der Waals surface area contributed by atoms with E-state index in [1.807, 2.05) is 7.05 Å². The topological polar surface area (TPSA) is 12.4 Å². The monoisotopic (exact) mass is 223 g/mol. The Balaban J connectivity index is 2.15. The Morgan fingerprint density at radius 1 is 1.53 bits per heavy atom. The van der Waals surface area contributed by atoms with Gasteiger partial charge in [0.1, 0.15) is 0 Å². The molecule has 0 amide bonds. The van der Waals surface area contributed by atoms with Crippen LogP contribution in [0.25, 0.3) is 0 Å². The zero-order valence-corrected chi connectivity index (χ0v) is 10.4. The summed E-state index contributed by atoms with van der Waals surface area (Å²) in [6.45, 7) is 4.37. The van der Waals surface area contributed by atoms with Gasteiger partial charge in [-0.05, 0) is 31.3 Å². The Bertz CT molecular complexity index is 352. The Kier molecular flexibility index (Phi) is 3.01. The van der Waals surface area contributed by atoms with Crippen molar-refractivity contribution in [3.63, 3.8) is 0 Å². The summed E-state index contributed by atoms with van der Waals surface area (Å²) in [5, 5.41) is 0.936. The second-order valence-corrected chi connectivity index (χ2v) is 4.89. The fourth-order valence-corrected chi connectivity index (χ4v) is 2.93. The smallest absolute Gasteiger partial charge is 0.0395 e. The summed E-state index contributed by atoms with van der Waals surface area (Å²) in [4.78, 5) is 4.44. The second-order valence-electron chi connectivity index (χ2n) is 4.48. The van der Waals surface area contributed by atoms with Gasteiger partial charge in [-0.25, -0.2) is 0 Å². The van der Waals surface area contributed by atoms with Crippen molar-refractivity contribution < 1.29 is 0 Å². The Morgan fingerprint density at radius 2 is 2.27 bits per heavy atom. The zero-order chi connectivity index (χ0) is 11.0. The van der Waals surface area contributed by atoms with Crippen LogP contribution in [-0.2, 0) is 0 Å². The quantitative estimate of drug-likeness (QED) is 0.646. The molecule has 0 aromatic heterocycles. The van der Waals surface area contributed by atoms with Crippen LogP contribution in [-0.4, -0.2) is 12.8 Å².